The average Bonchev–Trinajstić information content (AvgIpc) is 3.16. The molecular weight excluding hydrogens is 362 g/mol. The lowest BCUT2D eigenvalue weighted by Crippen LogP contribution is -2.02. The Morgan fingerprint density at radius 1 is 1.19 bits per heavy atom. The van der Waals surface area contributed by atoms with Crippen LogP contribution in [0.25, 0.3) is 22.2 Å². The molecule has 0 aliphatic heterocycles. The molecule has 0 aliphatic rings. The summed E-state index contributed by atoms with van der Waals surface area (Å²) in [6.07, 6.45) is 1.69. The van der Waals surface area contributed by atoms with E-state index in [4.69, 9.17) is 9.15 Å². The lowest BCUT2D eigenvalue weighted by Gasteiger charge is -1.99. The molecule has 6 nitrogen and oxygen atoms in total. The van der Waals surface area contributed by atoms with E-state index in [-0.39, 0.29) is 0 Å². The second kappa shape index (κ2) is 7.43. The summed E-state index contributed by atoms with van der Waals surface area (Å²) >= 11 is 1.36. The van der Waals surface area contributed by atoms with Crippen molar-refractivity contribution >= 4 is 33.7 Å². The lowest BCUT2D eigenvalue weighted by atomic mass is 10.1. The van der Waals surface area contributed by atoms with Gasteiger partial charge in [0.25, 0.3) is 0 Å². The monoisotopic (exact) mass is 377 g/mol. The smallest absolute Gasteiger partial charge is 0.345 e. The van der Waals surface area contributed by atoms with Crippen LogP contribution >= 0.6 is 11.3 Å². The molecular formula is C20H15N3O3S. The molecule has 2 aromatic carbocycles. The summed E-state index contributed by atoms with van der Waals surface area (Å²) in [5.41, 5.74) is 4.94. The van der Waals surface area contributed by atoms with E-state index in [1.54, 1.807) is 30.8 Å². The predicted molar refractivity (Wildman–Crippen MR) is 108 cm³/mol. The molecule has 27 heavy (non-hydrogen) atoms. The Bertz CT molecular complexity index is 1160. The molecule has 7 heteroatoms. The van der Waals surface area contributed by atoms with Gasteiger partial charge in [0, 0.05) is 10.8 Å². The highest BCUT2D eigenvalue weighted by atomic mass is 32.1. The van der Waals surface area contributed by atoms with Crippen molar-refractivity contribution in [3.63, 3.8) is 0 Å². The van der Waals surface area contributed by atoms with Gasteiger partial charge in [-0.05, 0) is 42.0 Å². The first-order valence-electron chi connectivity index (χ1n) is 8.15. The van der Waals surface area contributed by atoms with E-state index < -0.39 is 5.63 Å². The first-order chi connectivity index (χ1) is 13.2. The van der Waals surface area contributed by atoms with Crippen molar-refractivity contribution in [1.29, 1.82) is 0 Å². The van der Waals surface area contributed by atoms with Gasteiger partial charge < -0.3 is 9.15 Å². The summed E-state index contributed by atoms with van der Waals surface area (Å²) in [4.78, 5) is 16.7. The van der Waals surface area contributed by atoms with Crippen LogP contribution in [-0.2, 0) is 0 Å². The van der Waals surface area contributed by atoms with Gasteiger partial charge >= 0.3 is 5.63 Å². The van der Waals surface area contributed by atoms with Gasteiger partial charge in [-0.1, -0.05) is 18.2 Å². The van der Waals surface area contributed by atoms with E-state index in [0.29, 0.717) is 22.0 Å². The number of hydrogen-bond acceptors (Lipinski definition) is 7. The molecule has 2 aromatic heterocycles. The Morgan fingerprint density at radius 3 is 2.81 bits per heavy atom. The second-order valence-electron chi connectivity index (χ2n) is 5.67. The SMILES string of the molecule is COc1ccc(C=NNc2nc(-c3cc4ccccc4oc3=O)cs2)cc1. The number of hydrogen-bond donors (Lipinski definition) is 1. The van der Waals surface area contributed by atoms with Crippen LogP contribution in [0.4, 0.5) is 5.13 Å². The molecule has 0 spiro atoms. The van der Waals surface area contributed by atoms with Crippen molar-refractivity contribution in [1.82, 2.24) is 4.98 Å². The van der Waals surface area contributed by atoms with Gasteiger partial charge in [0.15, 0.2) is 0 Å². The van der Waals surface area contributed by atoms with Crippen molar-refractivity contribution in [2.75, 3.05) is 12.5 Å². The Labute approximate surface area is 158 Å². The third-order valence-electron chi connectivity index (χ3n) is 3.91. The normalized spacial score (nSPS) is 11.1. The molecule has 0 amide bonds. The maximum absolute atomic E-state index is 12.2. The van der Waals surface area contributed by atoms with Crippen molar-refractivity contribution in [2.45, 2.75) is 0 Å². The Kier molecular flexibility index (Phi) is 4.67. The van der Waals surface area contributed by atoms with Crippen LogP contribution in [0.2, 0.25) is 0 Å². The number of rotatable bonds is 5. The van der Waals surface area contributed by atoms with Gasteiger partial charge in [-0.3, -0.25) is 5.43 Å². The van der Waals surface area contributed by atoms with Crippen LogP contribution in [0, 0.1) is 0 Å². The summed E-state index contributed by atoms with van der Waals surface area (Å²) in [7, 11) is 1.63. The summed E-state index contributed by atoms with van der Waals surface area (Å²) < 4.78 is 10.5. The topological polar surface area (TPSA) is 76.7 Å². The number of hydrazone groups is 1. The van der Waals surface area contributed by atoms with Crippen molar-refractivity contribution in [2.24, 2.45) is 5.10 Å². The number of aromatic nitrogens is 1. The van der Waals surface area contributed by atoms with Gasteiger partial charge in [-0.25, -0.2) is 9.78 Å². The minimum atomic E-state index is -0.410. The van der Waals surface area contributed by atoms with Gasteiger partial charge in [-0.15, -0.1) is 11.3 Å². The second-order valence-corrected chi connectivity index (χ2v) is 6.52. The maximum Gasteiger partial charge on any atom is 0.345 e. The van der Waals surface area contributed by atoms with Crippen LogP contribution in [-0.4, -0.2) is 18.3 Å². The lowest BCUT2D eigenvalue weighted by molar-refractivity contribution is 0.415. The molecule has 4 rings (SSSR count). The van der Waals surface area contributed by atoms with Gasteiger partial charge in [0.2, 0.25) is 5.13 Å². The Balaban J connectivity index is 1.52. The molecule has 0 fully saturated rings. The summed E-state index contributed by atoms with van der Waals surface area (Å²) in [5.74, 6) is 0.791. The fourth-order valence-corrected chi connectivity index (χ4v) is 3.20. The molecule has 0 saturated heterocycles. The van der Waals surface area contributed by atoms with Gasteiger partial charge in [0.1, 0.15) is 11.3 Å². The van der Waals surface area contributed by atoms with Crippen molar-refractivity contribution in [3.8, 4) is 17.0 Å². The third kappa shape index (κ3) is 3.73. The quantitative estimate of drug-likeness (QED) is 0.317. The van der Waals surface area contributed by atoms with Crippen molar-refractivity contribution < 1.29 is 9.15 Å². The van der Waals surface area contributed by atoms with Crippen LogP contribution < -0.4 is 15.8 Å². The van der Waals surface area contributed by atoms with E-state index >= 15 is 0 Å². The minimum Gasteiger partial charge on any atom is -0.497 e. The standard InChI is InChI=1S/C20H15N3O3S/c1-25-15-8-6-13(7-9-15)11-21-23-20-22-17(12-27-20)16-10-14-4-2-3-5-18(14)26-19(16)24/h2-12H,1H3,(H,22,23). The number of benzene rings is 2. The number of methoxy groups -OCH3 is 1. The molecule has 0 saturated carbocycles. The number of nitrogens with one attached hydrogen (secondary N) is 1. The van der Waals surface area contributed by atoms with Crippen LogP contribution in [0.5, 0.6) is 5.75 Å². The highest BCUT2D eigenvalue weighted by Crippen LogP contribution is 2.25. The number of thiazole rings is 1. The minimum absolute atomic E-state index is 0.410. The molecule has 4 aromatic rings. The van der Waals surface area contributed by atoms with E-state index in [1.165, 1.54) is 11.3 Å². The molecule has 0 radical (unpaired) electrons. The Morgan fingerprint density at radius 2 is 2.00 bits per heavy atom. The molecule has 2 heterocycles. The highest BCUT2D eigenvalue weighted by molar-refractivity contribution is 7.14. The van der Waals surface area contributed by atoms with E-state index in [9.17, 15) is 4.79 Å². The van der Waals surface area contributed by atoms with E-state index in [0.717, 1.165) is 16.7 Å². The molecule has 0 unspecified atom stereocenters. The average molecular weight is 377 g/mol. The number of para-hydroxylation sites is 1. The van der Waals surface area contributed by atoms with E-state index in [1.807, 2.05) is 42.5 Å². The third-order valence-corrected chi connectivity index (χ3v) is 4.66. The molecule has 134 valence electrons. The molecule has 1 N–H and O–H groups in total. The zero-order chi connectivity index (χ0) is 18.6. The van der Waals surface area contributed by atoms with Crippen LogP contribution in [0.1, 0.15) is 5.56 Å². The number of ether oxygens (including phenoxy) is 1. The first-order valence-corrected chi connectivity index (χ1v) is 9.03. The summed E-state index contributed by atoms with van der Waals surface area (Å²) in [5, 5.41) is 7.41. The number of anilines is 1. The predicted octanol–water partition coefficient (Wildman–Crippen LogP) is 4.37. The molecule has 0 aliphatic carbocycles. The zero-order valence-corrected chi connectivity index (χ0v) is 15.2. The van der Waals surface area contributed by atoms with Crippen molar-refractivity contribution in [3.05, 3.63) is 76.0 Å². The fourth-order valence-electron chi connectivity index (χ4n) is 2.54. The Hall–Kier alpha value is -3.45. The number of fused-ring (bicyclic) bond motifs is 1. The van der Waals surface area contributed by atoms with E-state index in [2.05, 4.69) is 15.5 Å². The van der Waals surface area contributed by atoms with Gasteiger partial charge in [0.05, 0.1) is 24.6 Å². The largest absolute Gasteiger partial charge is 0.497 e. The number of nitrogens with zero attached hydrogens (tertiary/aromatic N) is 2. The highest BCUT2D eigenvalue weighted by Gasteiger charge is 2.11. The summed E-state index contributed by atoms with van der Waals surface area (Å²) in [6, 6.07) is 16.7. The zero-order valence-electron chi connectivity index (χ0n) is 14.4. The van der Waals surface area contributed by atoms with Crippen LogP contribution in [0.15, 0.2) is 74.3 Å². The maximum atomic E-state index is 12.2. The van der Waals surface area contributed by atoms with Gasteiger partial charge in [-0.2, -0.15) is 5.10 Å². The fraction of sp³-hybridized carbons (Fsp3) is 0.0500. The van der Waals surface area contributed by atoms with Crippen LogP contribution in [0.3, 0.4) is 0 Å². The molecule has 0 bridgehead atoms. The summed E-state index contributed by atoms with van der Waals surface area (Å²) in [6.45, 7) is 0. The molecule has 0 atom stereocenters. The first kappa shape index (κ1) is 17.0.